The molecule has 3 unspecified atom stereocenters. The van der Waals surface area contributed by atoms with Gasteiger partial charge in [-0.25, -0.2) is 0 Å². The number of benzene rings is 2. The van der Waals surface area contributed by atoms with Crippen LogP contribution in [0.3, 0.4) is 0 Å². The molecule has 5 nitrogen and oxygen atoms in total. The normalized spacial score (nSPS) is 22.1. The SMILES string of the molecule is CC(c1ccccc1)N1CC(C(=O)NC2Cc3[nH]c4ccccc4c3C2)CC1=O. The predicted molar refractivity (Wildman–Crippen MR) is 112 cm³/mol. The summed E-state index contributed by atoms with van der Waals surface area (Å²) in [6.45, 7) is 2.52. The maximum absolute atomic E-state index is 12.9. The Morgan fingerprint density at radius 2 is 1.83 bits per heavy atom. The molecule has 1 aromatic heterocycles. The highest BCUT2D eigenvalue weighted by atomic mass is 16.2. The van der Waals surface area contributed by atoms with E-state index >= 15 is 0 Å². The van der Waals surface area contributed by atoms with Gasteiger partial charge in [0.25, 0.3) is 0 Å². The van der Waals surface area contributed by atoms with Crippen molar-refractivity contribution in [3.63, 3.8) is 0 Å². The molecule has 0 saturated carbocycles. The Balaban J connectivity index is 1.23. The lowest BCUT2D eigenvalue weighted by atomic mass is 10.1. The van der Waals surface area contributed by atoms with Gasteiger partial charge in [0, 0.05) is 42.0 Å². The van der Waals surface area contributed by atoms with Crippen LogP contribution >= 0.6 is 0 Å². The summed E-state index contributed by atoms with van der Waals surface area (Å²) in [6.07, 6.45) is 1.96. The van der Waals surface area contributed by atoms with Gasteiger partial charge in [-0.2, -0.15) is 0 Å². The van der Waals surface area contributed by atoms with Crippen LogP contribution in [-0.2, 0) is 22.4 Å². The monoisotopic (exact) mass is 387 g/mol. The molecule has 0 radical (unpaired) electrons. The third-order valence-corrected chi connectivity index (χ3v) is 6.43. The molecule has 5 rings (SSSR count). The molecule has 2 heterocycles. The van der Waals surface area contributed by atoms with Gasteiger partial charge >= 0.3 is 0 Å². The van der Waals surface area contributed by atoms with Crippen LogP contribution in [0.2, 0.25) is 0 Å². The second-order valence-electron chi connectivity index (χ2n) is 8.28. The van der Waals surface area contributed by atoms with E-state index in [-0.39, 0.29) is 29.8 Å². The molecule has 0 spiro atoms. The number of rotatable bonds is 4. The van der Waals surface area contributed by atoms with Gasteiger partial charge in [0.05, 0.1) is 12.0 Å². The van der Waals surface area contributed by atoms with Crippen molar-refractivity contribution >= 4 is 22.7 Å². The third-order valence-electron chi connectivity index (χ3n) is 6.43. The summed E-state index contributed by atoms with van der Waals surface area (Å²) in [5.41, 5.74) is 4.79. The number of aromatic amines is 1. The summed E-state index contributed by atoms with van der Waals surface area (Å²) in [5.74, 6) is -0.214. The molecule has 1 aliphatic heterocycles. The first-order valence-corrected chi connectivity index (χ1v) is 10.3. The maximum atomic E-state index is 12.9. The smallest absolute Gasteiger partial charge is 0.225 e. The molecule has 1 aliphatic carbocycles. The van der Waals surface area contributed by atoms with Crippen LogP contribution in [-0.4, -0.2) is 34.3 Å². The van der Waals surface area contributed by atoms with Crippen molar-refractivity contribution in [2.75, 3.05) is 6.54 Å². The molecule has 3 atom stereocenters. The van der Waals surface area contributed by atoms with Crippen LogP contribution in [0, 0.1) is 5.92 Å². The minimum atomic E-state index is -0.274. The number of nitrogens with one attached hydrogen (secondary N) is 2. The fourth-order valence-electron chi connectivity index (χ4n) is 4.84. The first-order chi connectivity index (χ1) is 14.1. The number of aromatic nitrogens is 1. The van der Waals surface area contributed by atoms with Crippen LogP contribution < -0.4 is 5.32 Å². The predicted octanol–water partition coefficient (Wildman–Crippen LogP) is 3.36. The van der Waals surface area contributed by atoms with Gasteiger partial charge in [-0.1, -0.05) is 48.5 Å². The van der Waals surface area contributed by atoms with Gasteiger partial charge < -0.3 is 15.2 Å². The van der Waals surface area contributed by atoms with Crippen molar-refractivity contribution < 1.29 is 9.59 Å². The van der Waals surface area contributed by atoms with Crippen molar-refractivity contribution in [2.45, 2.75) is 38.3 Å². The number of hydrogen-bond acceptors (Lipinski definition) is 2. The van der Waals surface area contributed by atoms with Crippen LogP contribution in [0.25, 0.3) is 10.9 Å². The van der Waals surface area contributed by atoms with Gasteiger partial charge in [-0.05, 0) is 30.5 Å². The van der Waals surface area contributed by atoms with Crippen LogP contribution in [0.5, 0.6) is 0 Å². The van der Waals surface area contributed by atoms with E-state index in [4.69, 9.17) is 0 Å². The summed E-state index contributed by atoms with van der Waals surface area (Å²) in [6, 6.07) is 18.4. The molecule has 148 valence electrons. The molecule has 5 heteroatoms. The Bertz CT molecular complexity index is 1070. The lowest BCUT2D eigenvalue weighted by Crippen LogP contribution is -2.40. The van der Waals surface area contributed by atoms with Gasteiger partial charge in [0.2, 0.25) is 11.8 Å². The van der Waals surface area contributed by atoms with E-state index in [2.05, 4.69) is 28.5 Å². The summed E-state index contributed by atoms with van der Waals surface area (Å²) in [7, 11) is 0. The number of para-hydroxylation sites is 1. The zero-order chi connectivity index (χ0) is 20.0. The molecule has 2 aromatic carbocycles. The Morgan fingerprint density at radius 3 is 2.66 bits per heavy atom. The summed E-state index contributed by atoms with van der Waals surface area (Å²) in [4.78, 5) is 30.8. The highest BCUT2D eigenvalue weighted by Gasteiger charge is 2.38. The average Bonchev–Trinajstić information content (AvgIpc) is 3.40. The number of carbonyl (C=O) groups is 2. The van der Waals surface area contributed by atoms with E-state index in [1.807, 2.05) is 48.2 Å². The minimum Gasteiger partial charge on any atom is -0.358 e. The molecular formula is C24H25N3O2. The van der Waals surface area contributed by atoms with E-state index in [9.17, 15) is 9.59 Å². The lowest BCUT2D eigenvalue weighted by molar-refractivity contribution is -0.130. The Hall–Kier alpha value is -3.08. The van der Waals surface area contributed by atoms with Crippen LogP contribution in [0.15, 0.2) is 54.6 Å². The molecule has 1 fully saturated rings. The number of nitrogens with zero attached hydrogens (tertiary/aromatic N) is 1. The second kappa shape index (κ2) is 7.07. The van der Waals surface area contributed by atoms with Crippen molar-refractivity contribution in [1.82, 2.24) is 15.2 Å². The number of amides is 2. The standard InChI is InChI=1S/C24H25N3O2/c1-15(16-7-3-2-4-8-16)27-14-17(11-23(27)28)24(29)25-18-12-20-19-9-5-6-10-21(19)26-22(20)13-18/h2-10,15,17-18,26H,11-14H2,1H3,(H,25,29). The molecule has 1 saturated heterocycles. The van der Waals surface area contributed by atoms with Crippen molar-refractivity contribution in [2.24, 2.45) is 5.92 Å². The highest BCUT2D eigenvalue weighted by molar-refractivity contribution is 5.90. The highest BCUT2D eigenvalue weighted by Crippen LogP contribution is 2.31. The first kappa shape index (κ1) is 18.0. The fourth-order valence-corrected chi connectivity index (χ4v) is 4.84. The summed E-state index contributed by atoms with van der Waals surface area (Å²) >= 11 is 0. The summed E-state index contributed by atoms with van der Waals surface area (Å²) < 4.78 is 0. The molecular weight excluding hydrogens is 362 g/mol. The van der Waals surface area contributed by atoms with Gasteiger partial charge in [-0.15, -0.1) is 0 Å². The van der Waals surface area contributed by atoms with Crippen LogP contribution in [0.4, 0.5) is 0 Å². The lowest BCUT2D eigenvalue weighted by Gasteiger charge is -2.25. The number of likely N-dealkylation sites (tertiary alicyclic amines) is 1. The van der Waals surface area contributed by atoms with Gasteiger partial charge in [0.1, 0.15) is 0 Å². The molecule has 2 N–H and O–H groups in total. The molecule has 2 amide bonds. The quantitative estimate of drug-likeness (QED) is 0.721. The van der Waals surface area contributed by atoms with E-state index in [1.54, 1.807) is 0 Å². The largest absolute Gasteiger partial charge is 0.358 e. The topological polar surface area (TPSA) is 65.2 Å². The van der Waals surface area contributed by atoms with Gasteiger partial charge in [-0.3, -0.25) is 9.59 Å². The summed E-state index contributed by atoms with van der Waals surface area (Å²) in [5, 5.41) is 4.45. The number of carbonyl (C=O) groups excluding carboxylic acids is 2. The number of hydrogen-bond donors (Lipinski definition) is 2. The number of H-pyrrole nitrogens is 1. The zero-order valence-electron chi connectivity index (χ0n) is 16.5. The van der Waals surface area contributed by atoms with Gasteiger partial charge in [0.15, 0.2) is 0 Å². The van der Waals surface area contributed by atoms with E-state index in [1.165, 1.54) is 16.6 Å². The minimum absolute atomic E-state index is 0.000528. The first-order valence-electron chi connectivity index (χ1n) is 10.3. The van der Waals surface area contributed by atoms with E-state index < -0.39 is 0 Å². The third kappa shape index (κ3) is 3.20. The van der Waals surface area contributed by atoms with E-state index in [0.717, 1.165) is 23.9 Å². The zero-order valence-corrected chi connectivity index (χ0v) is 16.5. The van der Waals surface area contributed by atoms with Crippen molar-refractivity contribution in [3.05, 3.63) is 71.4 Å². The Labute approximate surface area is 170 Å². The maximum Gasteiger partial charge on any atom is 0.225 e. The van der Waals surface area contributed by atoms with Crippen molar-refractivity contribution in [3.8, 4) is 0 Å². The number of fused-ring (bicyclic) bond motifs is 3. The molecule has 29 heavy (non-hydrogen) atoms. The van der Waals surface area contributed by atoms with Crippen molar-refractivity contribution in [1.29, 1.82) is 0 Å². The molecule has 2 aliphatic rings. The Kier molecular flexibility index (Phi) is 4.38. The molecule has 0 bridgehead atoms. The fraction of sp³-hybridized carbons (Fsp3) is 0.333. The second-order valence-corrected chi connectivity index (χ2v) is 8.28. The molecule has 3 aromatic rings. The Morgan fingerprint density at radius 1 is 1.07 bits per heavy atom. The van der Waals surface area contributed by atoms with E-state index in [0.29, 0.717) is 13.0 Å². The average molecular weight is 387 g/mol. The van der Waals surface area contributed by atoms with Crippen LogP contribution in [0.1, 0.15) is 36.2 Å².